The fourth-order valence-corrected chi connectivity index (χ4v) is 3.22. The van der Waals surface area contributed by atoms with E-state index in [4.69, 9.17) is 9.26 Å². The highest BCUT2D eigenvalue weighted by atomic mass is 127. The van der Waals surface area contributed by atoms with Crippen LogP contribution in [0.15, 0.2) is 15.6 Å². The van der Waals surface area contributed by atoms with Gasteiger partial charge in [-0.25, -0.2) is 0 Å². The largest absolute Gasteiger partial charge is 0.368 e. The molecule has 1 amide bonds. The van der Waals surface area contributed by atoms with Gasteiger partial charge in [0, 0.05) is 45.9 Å². The van der Waals surface area contributed by atoms with Gasteiger partial charge in [0.05, 0.1) is 12.2 Å². The molecule has 2 saturated heterocycles. The Bertz CT molecular complexity index is 607. The quantitative estimate of drug-likeness (QED) is 0.400. The van der Waals surface area contributed by atoms with Crippen LogP contribution in [0.25, 0.3) is 0 Å². The average molecular weight is 477 g/mol. The molecule has 1 aromatic heterocycles. The van der Waals surface area contributed by atoms with Gasteiger partial charge in [-0.05, 0) is 19.3 Å². The highest BCUT2D eigenvalue weighted by Crippen LogP contribution is 2.16. The Balaban J connectivity index is 0.00000243. The maximum atomic E-state index is 12.4. The zero-order valence-electron chi connectivity index (χ0n) is 15.4. The Morgan fingerprint density at radius 3 is 2.65 bits per heavy atom. The Kier molecular flexibility index (Phi) is 8.14. The van der Waals surface area contributed by atoms with E-state index in [1.165, 1.54) is 0 Å². The molecule has 9 heteroatoms. The van der Waals surface area contributed by atoms with Crippen molar-refractivity contribution in [1.82, 2.24) is 20.3 Å². The number of aliphatic imine (C=N–C) groups is 1. The summed E-state index contributed by atoms with van der Waals surface area (Å²) in [5, 5.41) is 7.30. The fraction of sp³-hybridized carbons (Fsp3) is 0.706. The van der Waals surface area contributed by atoms with Gasteiger partial charge in [-0.3, -0.25) is 9.79 Å². The average Bonchev–Trinajstić information content (AvgIpc) is 3.34. The minimum atomic E-state index is -0.233. The van der Waals surface area contributed by atoms with Crippen LogP contribution >= 0.6 is 24.0 Å². The molecule has 0 aliphatic carbocycles. The first-order valence-electron chi connectivity index (χ1n) is 9.01. The Morgan fingerprint density at radius 2 is 2.08 bits per heavy atom. The number of rotatable bonds is 4. The number of guanidine groups is 1. The van der Waals surface area contributed by atoms with Gasteiger partial charge in [-0.15, -0.1) is 24.0 Å². The fourth-order valence-electron chi connectivity index (χ4n) is 3.22. The molecule has 2 aliphatic rings. The lowest BCUT2D eigenvalue weighted by Gasteiger charge is -2.37. The molecule has 0 aromatic carbocycles. The van der Waals surface area contributed by atoms with E-state index in [1.807, 2.05) is 17.9 Å². The van der Waals surface area contributed by atoms with Gasteiger partial charge >= 0.3 is 0 Å². The normalized spacial score (nSPS) is 20.8. The molecule has 3 rings (SSSR count). The number of aromatic nitrogens is 1. The molecule has 2 aliphatic heterocycles. The number of nitrogens with zero attached hydrogens (tertiary/aromatic N) is 4. The van der Waals surface area contributed by atoms with Crippen molar-refractivity contribution in [3.05, 3.63) is 17.5 Å². The summed E-state index contributed by atoms with van der Waals surface area (Å²) in [6, 6.07) is 1.96. The summed E-state index contributed by atoms with van der Waals surface area (Å²) < 4.78 is 10.8. The molecule has 2 fully saturated rings. The second-order valence-corrected chi connectivity index (χ2v) is 6.35. The van der Waals surface area contributed by atoms with E-state index in [1.54, 1.807) is 7.05 Å². The summed E-state index contributed by atoms with van der Waals surface area (Å²) >= 11 is 0. The van der Waals surface area contributed by atoms with Crippen molar-refractivity contribution in [3.8, 4) is 0 Å². The number of amides is 1. The Hall–Kier alpha value is -1.36. The van der Waals surface area contributed by atoms with Crippen LogP contribution in [0.4, 0.5) is 0 Å². The lowest BCUT2D eigenvalue weighted by atomic mass is 10.2. The smallest absolute Gasteiger partial charge is 0.251 e. The highest BCUT2D eigenvalue weighted by molar-refractivity contribution is 14.0. The van der Waals surface area contributed by atoms with Crippen molar-refractivity contribution in [2.24, 2.45) is 4.99 Å². The Morgan fingerprint density at radius 1 is 1.35 bits per heavy atom. The molecule has 146 valence electrons. The summed E-state index contributed by atoms with van der Waals surface area (Å²) in [7, 11) is 1.77. The van der Waals surface area contributed by atoms with Crippen LogP contribution in [-0.2, 0) is 22.5 Å². The van der Waals surface area contributed by atoms with Crippen molar-refractivity contribution in [2.45, 2.75) is 38.8 Å². The van der Waals surface area contributed by atoms with Gasteiger partial charge in [-0.1, -0.05) is 12.1 Å². The second-order valence-electron chi connectivity index (χ2n) is 6.35. The molecule has 1 atom stereocenters. The van der Waals surface area contributed by atoms with Gasteiger partial charge < -0.3 is 24.4 Å². The van der Waals surface area contributed by atoms with Crippen molar-refractivity contribution >= 4 is 35.8 Å². The van der Waals surface area contributed by atoms with Crippen LogP contribution in [0.3, 0.4) is 0 Å². The number of halogens is 1. The van der Waals surface area contributed by atoms with Crippen LogP contribution < -0.4 is 5.32 Å². The lowest BCUT2D eigenvalue weighted by molar-refractivity contribution is -0.142. The van der Waals surface area contributed by atoms with Crippen molar-refractivity contribution in [1.29, 1.82) is 0 Å². The number of carbonyl (C=O) groups is 1. The molecule has 26 heavy (non-hydrogen) atoms. The van der Waals surface area contributed by atoms with E-state index in [-0.39, 0.29) is 36.0 Å². The minimum absolute atomic E-state index is 0. The van der Waals surface area contributed by atoms with Gasteiger partial charge in [-0.2, -0.15) is 0 Å². The van der Waals surface area contributed by atoms with E-state index in [2.05, 4.69) is 20.4 Å². The van der Waals surface area contributed by atoms with Gasteiger partial charge in [0.2, 0.25) is 0 Å². The molecular weight excluding hydrogens is 449 g/mol. The second kappa shape index (κ2) is 10.1. The first-order valence-corrected chi connectivity index (χ1v) is 9.01. The molecule has 1 aromatic rings. The standard InChI is InChI=1S/C17H27N5O3.HI/c1-3-13-11-14(25-20-13)12-19-17(18-2)22-8-6-21(7-9-22)16(23)15-5-4-10-24-15;/h11,15H,3-10,12H2,1-2H3,(H,18,19);1H. The van der Waals surface area contributed by atoms with E-state index in [0.29, 0.717) is 26.2 Å². The number of aryl methyl sites for hydroxylation is 1. The van der Waals surface area contributed by atoms with Gasteiger partial charge in [0.1, 0.15) is 6.10 Å². The summed E-state index contributed by atoms with van der Waals surface area (Å²) in [4.78, 5) is 20.8. The Labute approximate surface area is 171 Å². The van der Waals surface area contributed by atoms with E-state index >= 15 is 0 Å². The molecule has 3 heterocycles. The molecule has 0 bridgehead atoms. The van der Waals surface area contributed by atoms with Gasteiger partial charge in [0.15, 0.2) is 11.7 Å². The third-order valence-electron chi connectivity index (χ3n) is 4.70. The molecule has 0 saturated carbocycles. The summed E-state index contributed by atoms with van der Waals surface area (Å²) in [6.07, 6.45) is 2.45. The summed E-state index contributed by atoms with van der Waals surface area (Å²) in [5.74, 6) is 1.75. The van der Waals surface area contributed by atoms with E-state index in [9.17, 15) is 4.79 Å². The monoisotopic (exact) mass is 477 g/mol. The van der Waals surface area contributed by atoms with Gasteiger partial charge in [0.25, 0.3) is 5.91 Å². The van der Waals surface area contributed by atoms with Crippen LogP contribution in [-0.4, -0.2) is 72.8 Å². The van der Waals surface area contributed by atoms with Crippen molar-refractivity contribution < 1.29 is 14.1 Å². The molecule has 1 N–H and O–H groups in total. The maximum absolute atomic E-state index is 12.4. The SMILES string of the molecule is CCc1cc(CNC(=NC)N2CCN(C(=O)C3CCCO3)CC2)on1.I. The van der Waals surface area contributed by atoms with Crippen LogP contribution in [0.1, 0.15) is 31.2 Å². The van der Waals surface area contributed by atoms with Crippen LogP contribution in [0.2, 0.25) is 0 Å². The topological polar surface area (TPSA) is 83.2 Å². The van der Waals surface area contributed by atoms with Crippen LogP contribution in [0, 0.1) is 0 Å². The first-order chi connectivity index (χ1) is 12.2. The third kappa shape index (κ3) is 5.09. The molecule has 1 unspecified atom stereocenters. The number of hydrogen-bond donors (Lipinski definition) is 1. The zero-order valence-corrected chi connectivity index (χ0v) is 17.8. The van der Waals surface area contributed by atoms with Crippen molar-refractivity contribution in [3.63, 3.8) is 0 Å². The van der Waals surface area contributed by atoms with E-state index < -0.39 is 0 Å². The van der Waals surface area contributed by atoms with Crippen molar-refractivity contribution in [2.75, 3.05) is 39.8 Å². The molecule has 0 radical (unpaired) electrons. The number of carbonyl (C=O) groups excluding carboxylic acids is 1. The highest BCUT2D eigenvalue weighted by Gasteiger charge is 2.30. The summed E-state index contributed by atoms with van der Waals surface area (Å²) in [5.41, 5.74) is 0.952. The molecular formula is C17H28IN5O3. The number of nitrogens with one attached hydrogen (secondary N) is 1. The zero-order chi connectivity index (χ0) is 17.6. The van der Waals surface area contributed by atoms with Crippen LogP contribution in [0.5, 0.6) is 0 Å². The third-order valence-corrected chi connectivity index (χ3v) is 4.70. The maximum Gasteiger partial charge on any atom is 0.251 e. The predicted octanol–water partition coefficient (Wildman–Crippen LogP) is 1.25. The minimum Gasteiger partial charge on any atom is -0.368 e. The number of ether oxygens (including phenoxy) is 1. The number of piperazine rings is 1. The van der Waals surface area contributed by atoms with E-state index in [0.717, 1.165) is 49.8 Å². The first kappa shape index (κ1) is 20.9. The summed E-state index contributed by atoms with van der Waals surface area (Å²) in [6.45, 7) is 6.21. The predicted molar refractivity (Wildman–Crippen MR) is 109 cm³/mol. The molecule has 0 spiro atoms. The number of hydrogen-bond acceptors (Lipinski definition) is 5. The lowest BCUT2D eigenvalue weighted by Crippen LogP contribution is -2.55. The molecule has 8 nitrogen and oxygen atoms in total.